The predicted octanol–water partition coefficient (Wildman–Crippen LogP) is 2.92. The number of hydrogen-bond acceptors (Lipinski definition) is 3. The van der Waals surface area contributed by atoms with E-state index in [-0.39, 0.29) is 0 Å². The highest BCUT2D eigenvalue weighted by Crippen LogP contribution is 2.42. The fourth-order valence-electron chi connectivity index (χ4n) is 2.27. The third-order valence-corrected chi connectivity index (χ3v) is 4.97. The Morgan fingerprint density at radius 2 is 2.07 bits per heavy atom. The van der Waals surface area contributed by atoms with E-state index >= 15 is 0 Å². The lowest BCUT2D eigenvalue weighted by Gasteiger charge is -2.27. The fraction of sp³-hybridized carbons (Fsp3) is 0.800. The molecular weight excluding hydrogens is 230 g/mol. The third-order valence-electron chi connectivity index (χ3n) is 3.28. The molecule has 0 saturated heterocycles. The van der Waals surface area contributed by atoms with Gasteiger partial charge in [0.05, 0.1) is 0 Å². The summed E-state index contributed by atoms with van der Waals surface area (Å²) in [5, 5.41) is 8.41. The molecule has 2 rings (SSSR count). The summed E-state index contributed by atoms with van der Waals surface area (Å²) in [6.45, 7) is 2.91. The summed E-state index contributed by atoms with van der Waals surface area (Å²) in [4.78, 5) is 0. The van der Waals surface area contributed by atoms with Crippen LogP contribution in [-0.4, -0.2) is 25.8 Å². The lowest BCUT2D eigenvalue weighted by atomic mass is 10.1. The summed E-state index contributed by atoms with van der Waals surface area (Å²) >= 11 is 7.98. The molecule has 1 fully saturated rings. The minimum Gasteiger partial charge on any atom is -0.301 e. The molecule has 84 valence electrons. The van der Waals surface area contributed by atoms with Crippen molar-refractivity contribution in [3.63, 3.8) is 0 Å². The number of hydrogen-bond donors (Lipinski definition) is 0. The molecule has 0 unspecified atom stereocenters. The Hall–Kier alpha value is -0.220. The van der Waals surface area contributed by atoms with Gasteiger partial charge in [0.2, 0.25) is 5.28 Å². The minimum absolute atomic E-state index is 0.358. The third kappa shape index (κ3) is 2.16. The molecule has 1 aromatic rings. The highest BCUT2D eigenvalue weighted by molar-refractivity contribution is 8.00. The van der Waals surface area contributed by atoms with Crippen molar-refractivity contribution in [2.75, 3.05) is 6.26 Å². The number of rotatable bonds is 3. The van der Waals surface area contributed by atoms with Crippen LogP contribution in [0.5, 0.6) is 0 Å². The molecule has 0 N–H and O–H groups in total. The van der Waals surface area contributed by atoms with Crippen LogP contribution in [0.25, 0.3) is 0 Å². The van der Waals surface area contributed by atoms with Crippen LogP contribution in [0.4, 0.5) is 0 Å². The smallest absolute Gasteiger partial charge is 0.225 e. The predicted molar refractivity (Wildman–Crippen MR) is 64.5 cm³/mol. The standard InChI is InChI=1S/C10H16ClN3S/c1-8-12-13-9(11)14(8)7-10(15-2)5-3-4-6-10/h3-7H2,1-2H3. The first-order chi connectivity index (χ1) is 7.17. The molecule has 0 bridgehead atoms. The average Bonchev–Trinajstić information content (AvgIpc) is 2.81. The Bertz CT molecular complexity index is 325. The normalized spacial score (nSPS) is 19.7. The van der Waals surface area contributed by atoms with Gasteiger partial charge in [-0.3, -0.25) is 0 Å². The van der Waals surface area contributed by atoms with Crippen LogP contribution in [0.1, 0.15) is 31.5 Å². The van der Waals surface area contributed by atoms with Crippen molar-refractivity contribution in [3.8, 4) is 0 Å². The van der Waals surface area contributed by atoms with Crippen LogP contribution in [-0.2, 0) is 6.54 Å². The second-order valence-corrected chi connectivity index (χ2v) is 5.81. The maximum Gasteiger partial charge on any atom is 0.225 e. The molecule has 5 heteroatoms. The fourth-order valence-corrected chi connectivity index (χ4v) is 3.44. The van der Waals surface area contributed by atoms with Crippen molar-refractivity contribution in [1.82, 2.24) is 14.8 Å². The Kier molecular flexibility index (Phi) is 3.26. The van der Waals surface area contributed by atoms with E-state index in [0.717, 1.165) is 12.4 Å². The van der Waals surface area contributed by atoms with Crippen LogP contribution in [0.15, 0.2) is 0 Å². The molecule has 3 nitrogen and oxygen atoms in total. The van der Waals surface area contributed by atoms with Crippen molar-refractivity contribution in [1.29, 1.82) is 0 Å². The zero-order chi connectivity index (χ0) is 10.9. The van der Waals surface area contributed by atoms with Gasteiger partial charge in [-0.1, -0.05) is 12.8 Å². The van der Waals surface area contributed by atoms with Gasteiger partial charge >= 0.3 is 0 Å². The van der Waals surface area contributed by atoms with Crippen molar-refractivity contribution in [2.24, 2.45) is 0 Å². The zero-order valence-corrected chi connectivity index (χ0v) is 10.7. The van der Waals surface area contributed by atoms with Gasteiger partial charge < -0.3 is 4.57 Å². The molecule has 0 aromatic carbocycles. The first-order valence-electron chi connectivity index (χ1n) is 5.27. The quantitative estimate of drug-likeness (QED) is 0.821. The van der Waals surface area contributed by atoms with Gasteiger partial charge in [0, 0.05) is 11.3 Å². The minimum atomic E-state index is 0.358. The summed E-state index contributed by atoms with van der Waals surface area (Å²) in [7, 11) is 0. The Morgan fingerprint density at radius 1 is 1.40 bits per heavy atom. The maximum absolute atomic E-state index is 6.02. The first-order valence-corrected chi connectivity index (χ1v) is 6.88. The number of thioether (sulfide) groups is 1. The highest BCUT2D eigenvalue weighted by atomic mass is 35.5. The first kappa shape index (κ1) is 11.3. The second-order valence-electron chi connectivity index (χ2n) is 4.20. The molecule has 15 heavy (non-hydrogen) atoms. The van der Waals surface area contributed by atoms with Gasteiger partial charge in [-0.2, -0.15) is 11.8 Å². The van der Waals surface area contributed by atoms with Crippen molar-refractivity contribution in [2.45, 2.75) is 43.9 Å². The summed E-state index contributed by atoms with van der Waals surface area (Å²) in [5.41, 5.74) is 0. The SMILES string of the molecule is CSC1(Cn2c(C)nnc2Cl)CCCC1. The molecule has 0 atom stereocenters. The van der Waals surface area contributed by atoms with E-state index in [9.17, 15) is 0 Å². The van der Waals surface area contributed by atoms with E-state index in [1.165, 1.54) is 25.7 Å². The van der Waals surface area contributed by atoms with E-state index < -0.39 is 0 Å². The van der Waals surface area contributed by atoms with Gasteiger partial charge in [-0.05, 0) is 37.6 Å². The number of aryl methyl sites for hydroxylation is 1. The summed E-state index contributed by atoms with van der Waals surface area (Å²) in [5.74, 6) is 0.917. The second kappa shape index (κ2) is 4.34. The molecule has 1 saturated carbocycles. The van der Waals surface area contributed by atoms with Crippen molar-refractivity contribution < 1.29 is 0 Å². The summed E-state index contributed by atoms with van der Waals surface area (Å²) in [6.07, 6.45) is 7.42. The van der Waals surface area contributed by atoms with Gasteiger partial charge in [-0.15, -0.1) is 10.2 Å². The van der Waals surface area contributed by atoms with Crippen LogP contribution >= 0.6 is 23.4 Å². The Morgan fingerprint density at radius 3 is 2.53 bits per heavy atom. The molecule has 1 aromatic heterocycles. The Labute approximate surface area is 99.6 Å². The molecule has 0 amide bonds. The average molecular weight is 246 g/mol. The van der Waals surface area contributed by atoms with Crippen molar-refractivity contribution >= 4 is 23.4 Å². The molecule has 0 aliphatic heterocycles. The number of halogens is 1. The largest absolute Gasteiger partial charge is 0.301 e. The van der Waals surface area contributed by atoms with E-state index in [1.807, 2.05) is 23.3 Å². The van der Waals surface area contributed by atoms with Gasteiger partial charge in [0.1, 0.15) is 5.82 Å². The monoisotopic (exact) mass is 245 g/mol. The van der Waals surface area contributed by atoms with Gasteiger partial charge in [-0.25, -0.2) is 0 Å². The van der Waals surface area contributed by atoms with Crippen LogP contribution in [0.3, 0.4) is 0 Å². The van der Waals surface area contributed by atoms with Gasteiger partial charge in [0.25, 0.3) is 0 Å². The lowest BCUT2D eigenvalue weighted by Crippen LogP contribution is -2.27. The molecule has 0 radical (unpaired) electrons. The van der Waals surface area contributed by atoms with Gasteiger partial charge in [0.15, 0.2) is 0 Å². The van der Waals surface area contributed by atoms with Crippen molar-refractivity contribution in [3.05, 3.63) is 11.1 Å². The van der Waals surface area contributed by atoms with E-state index in [0.29, 0.717) is 10.0 Å². The molecular formula is C10H16ClN3S. The Balaban J connectivity index is 2.19. The number of nitrogens with zero attached hydrogens (tertiary/aromatic N) is 3. The van der Waals surface area contributed by atoms with E-state index in [1.54, 1.807) is 0 Å². The molecule has 0 spiro atoms. The van der Waals surface area contributed by atoms with E-state index in [4.69, 9.17) is 11.6 Å². The van der Waals surface area contributed by atoms with Crippen LogP contribution < -0.4 is 0 Å². The maximum atomic E-state index is 6.02. The summed E-state index contributed by atoms with van der Waals surface area (Å²) < 4.78 is 2.39. The molecule has 1 aliphatic carbocycles. The molecule has 1 aliphatic rings. The van der Waals surface area contributed by atoms with Crippen LogP contribution in [0.2, 0.25) is 5.28 Å². The lowest BCUT2D eigenvalue weighted by molar-refractivity contribution is 0.497. The molecule has 1 heterocycles. The highest BCUT2D eigenvalue weighted by Gasteiger charge is 2.34. The zero-order valence-electron chi connectivity index (χ0n) is 9.16. The van der Waals surface area contributed by atoms with Crippen LogP contribution in [0, 0.1) is 6.92 Å². The number of aromatic nitrogens is 3. The summed E-state index contributed by atoms with van der Waals surface area (Å²) in [6, 6.07) is 0. The van der Waals surface area contributed by atoms with E-state index in [2.05, 4.69) is 16.5 Å². The topological polar surface area (TPSA) is 30.7 Å².